The summed E-state index contributed by atoms with van der Waals surface area (Å²) in [4.78, 5) is 0. The van der Waals surface area contributed by atoms with Gasteiger partial charge in [0.25, 0.3) is 0 Å². The van der Waals surface area contributed by atoms with Gasteiger partial charge >= 0.3 is 0 Å². The maximum Gasteiger partial charge on any atom is 0.0681 e. The van der Waals surface area contributed by atoms with E-state index in [1.54, 1.807) is 0 Å². The normalized spacial score (nSPS) is 10.5. The van der Waals surface area contributed by atoms with E-state index in [1.807, 2.05) is 72.8 Å². The van der Waals surface area contributed by atoms with Crippen LogP contribution in [0, 0.1) is 0 Å². The van der Waals surface area contributed by atoms with Crippen LogP contribution in [-0.4, -0.2) is 10.2 Å². The van der Waals surface area contributed by atoms with E-state index in [1.165, 1.54) is 0 Å². The highest BCUT2D eigenvalue weighted by molar-refractivity contribution is 5.91. The van der Waals surface area contributed by atoms with E-state index in [0.717, 1.165) is 39.1 Å². The summed E-state index contributed by atoms with van der Waals surface area (Å²) < 4.78 is 0. The third-order valence-corrected chi connectivity index (χ3v) is 4.14. The lowest BCUT2D eigenvalue weighted by atomic mass is 9.94. The van der Waals surface area contributed by atoms with Crippen molar-refractivity contribution in [3.8, 4) is 0 Å². The van der Waals surface area contributed by atoms with Crippen LogP contribution in [0.15, 0.2) is 72.8 Å². The Balaban J connectivity index is 2.07. The van der Waals surface area contributed by atoms with Gasteiger partial charge in [-0.2, -0.15) is 0 Å². The molecular weight excluding hydrogens is 310 g/mol. The zero-order chi connectivity index (χ0) is 17.6. The summed E-state index contributed by atoms with van der Waals surface area (Å²) in [7, 11) is 0. The average Bonchev–Trinajstić information content (AvgIpc) is 2.68. The second-order valence-electron chi connectivity index (χ2n) is 5.93. The SMILES string of the molecule is Nc1ccc(C=C(c2ccc(CO)cc2)c2ccc(CO)cc2)cc1. The predicted molar refractivity (Wildman–Crippen MR) is 103 cm³/mol. The molecule has 0 heterocycles. The van der Waals surface area contributed by atoms with Crippen molar-refractivity contribution in [3.05, 3.63) is 101 Å². The molecule has 3 aromatic rings. The van der Waals surface area contributed by atoms with Crippen LogP contribution in [-0.2, 0) is 13.2 Å². The van der Waals surface area contributed by atoms with Crippen molar-refractivity contribution in [3.63, 3.8) is 0 Å². The van der Waals surface area contributed by atoms with E-state index in [9.17, 15) is 10.2 Å². The maximum atomic E-state index is 9.25. The van der Waals surface area contributed by atoms with Crippen molar-refractivity contribution in [2.24, 2.45) is 0 Å². The number of aliphatic hydroxyl groups is 2. The number of benzene rings is 3. The van der Waals surface area contributed by atoms with Gasteiger partial charge in [0.2, 0.25) is 0 Å². The van der Waals surface area contributed by atoms with Gasteiger partial charge in [-0.15, -0.1) is 0 Å². The topological polar surface area (TPSA) is 66.5 Å². The highest BCUT2D eigenvalue weighted by atomic mass is 16.3. The molecule has 0 saturated heterocycles. The minimum atomic E-state index is 0.0302. The maximum absolute atomic E-state index is 9.25. The molecule has 3 rings (SSSR count). The summed E-state index contributed by atoms with van der Waals surface area (Å²) in [6, 6.07) is 23.5. The third kappa shape index (κ3) is 4.15. The van der Waals surface area contributed by atoms with Gasteiger partial charge in [0.15, 0.2) is 0 Å². The van der Waals surface area contributed by atoms with E-state index < -0.39 is 0 Å². The van der Waals surface area contributed by atoms with Crippen molar-refractivity contribution in [1.29, 1.82) is 0 Å². The minimum Gasteiger partial charge on any atom is -0.399 e. The Bertz CT molecular complexity index is 799. The molecule has 0 atom stereocenters. The summed E-state index contributed by atoms with van der Waals surface area (Å²) in [5.74, 6) is 0. The molecular formula is C22H21NO2. The van der Waals surface area contributed by atoms with E-state index in [-0.39, 0.29) is 13.2 Å². The minimum absolute atomic E-state index is 0.0302. The average molecular weight is 331 g/mol. The van der Waals surface area contributed by atoms with Crippen molar-refractivity contribution >= 4 is 17.3 Å². The quantitative estimate of drug-likeness (QED) is 0.491. The van der Waals surface area contributed by atoms with E-state index in [2.05, 4.69) is 6.08 Å². The molecule has 0 unspecified atom stereocenters. The number of rotatable bonds is 5. The number of nitrogens with two attached hydrogens (primary N) is 1. The Morgan fingerprint density at radius 3 is 1.52 bits per heavy atom. The molecule has 0 bridgehead atoms. The molecule has 0 aliphatic carbocycles. The Morgan fingerprint density at radius 1 is 0.680 bits per heavy atom. The van der Waals surface area contributed by atoms with Gasteiger partial charge in [-0.3, -0.25) is 0 Å². The summed E-state index contributed by atoms with van der Waals surface area (Å²) in [6.07, 6.45) is 2.11. The fraction of sp³-hybridized carbons (Fsp3) is 0.0909. The Labute approximate surface area is 147 Å². The highest BCUT2D eigenvalue weighted by Crippen LogP contribution is 2.27. The predicted octanol–water partition coefficient (Wildman–Crippen LogP) is 3.84. The summed E-state index contributed by atoms with van der Waals surface area (Å²) >= 11 is 0. The standard InChI is InChI=1S/C22H21NO2/c23-21-11-5-16(6-12-21)13-22(19-7-1-17(14-24)2-8-19)20-9-3-18(15-25)4-10-20/h1-13,24-25H,14-15,23H2. The van der Waals surface area contributed by atoms with Crippen LogP contribution < -0.4 is 5.73 Å². The first-order valence-corrected chi connectivity index (χ1v) is 8.17. The van der Waals surface area contributed by atoms with Crippen LogP contribution >= 0.6 is 0 Å². The van der Waals surface area contributed by atoms with Crippen molar-refractivity contribution in [1.82, 2.24) is 0 Å². The number of nitrogen functional groups attached to an aromatic ring is 1. The summed E-state index contributed by atoms with van der Waals surface area (Å²) in [5, 5.41) is 18.5. The molecule has 0 aliphatic heterocycles. The van der Waals surface area contributed by atoms with Crippen LogP contribution in [0.2, 0.25) is 0 Å². The number of anilines is 1. The van der Waals surface area contributed by atoms with Crippen molar-refractivity contribution in [2.45, 2.75) is 13.2 Å². The van der Waals surface area contributed by atoms with Crippen molar-refractivity contribution < 1.29 is 10.2 Å². The molecule has 4 N–H and O–H groups in total. The van der Waals surface area contributed by atoms with Gasteiger partial charge in [-0.05, 0) is 51.6 Å². The molecule has 0 saturated carbocycles. The number of hydrogen-bond donors (Lipinski definition) is 3. The zero-order valence-electron chi connectivity index (χ0n) is 13.9. The second kappa shape index (κ2) is 7.79. The van der Waals surface area contributed by atoms with Crippen LogP contribution in [0.4, 0.5) is 5.69 Å². The molecule has 3 heteroatoms. The largest absolute Gasteiger partial charge is 0.399 e. The molecule has 0 aliphatic rings. The van der Waals surface area contributed by atoms with Crippen molar-refractivity contribution in [2.75, 3.05) is 5.73 Å². The zero-order valence-corrected chi connectivity index (χ0v) is 13.9. The molecule has 0 amide bonds. The fourth-order valence-corrected chi connectivity index (χ4v) is 2.67. The molecule has 0 spiro atoms. The summed E-state index contributed by atoms with van der Waals surface area (Å²) in [5.41, 5.74) is 12.5. The fourth-order valence-electron chi connectivity index (χ4n) is 2.67. The lowest BCUT2D eigenvalue weighted by molar-refractivity contribution is 0.281. The molecule has 3 nitrogen and oxygen atoms in total. The second-order valence-corrected chi connectivity index (χ2v) is 5.93. The first kappa shape index (κ1) is 17.0. The molecule has 126 valence electrons. The number of aliphatic hydroxyl groups excluding tert-OH is 2. The van der Waals surface area contributed by atoms with Crippen LogP contribution in [0.25, 0.3) is 11.6 Å². The van der Waals surface area contributed by atoms with Crippen LogP contribution in [0.5, 0.6) is 0 Å². The Morgan fingerprint density at radius 2 is 1.12 bits per heavy atom. The first-order valence-electron chi connectivity index (χ1n) is 8.17. The lowest BCUT2D eigenvalue weighted by Gasteiger charge is -2.11. The first-order chi connectivity index (χ1) is 12.2. The van der Waals surface area contributed by atoms with E-state index in [0.29, 0.717) is 0 Å². The van der Waals surface area contributed by atoms with Gasteiger partial charge in [0, 0.05) is 5.69 Å². The van der Waals surface area contributed by atoms with Gasteiger partial charge in [0.05, 0.1) is 13.2 Å². The Hall–Kier alpha value is -2.88. The van der Waals surface area contributed by atoms with Gasteiger partial charge in [-0.25, -0.2) is 0 Å². The van der Waals surface area contributed by atoms with E-state index in [4.69, 9.17) is 5.73 Å². The van der Waals surface area contributed by atoms with E-state index >= 15 is 0 Å². The molecule has 0 radical (unpaired) electrons. The molecule has 3 aromatic carbocycles. The monoisotopic (exact) mass is 331 g/mol. The lowest BCUT2D eigenvalue weighted by Crippen LogP contribution is -1.92. The van der Waals surface area contributed by atoms with Gasteiger partial charge in [-0.1, -0.05) is 60.7 Å². The number of hydrogen-bond acceptors (Lipinski definition) is 3. The van der Waals surface area contributed by atoms with Gasteiger partial charge < -0.3 is 15.9 Å². The molecule has 25 heavy (non-hydrogen) atoms. The third-order valence-electron chi connectivity index (χ3n) is 4.14. The van der Waals surface area contributed by atoms with Gasteiger partial charge in [0.1, 0.15) is 0 Å². The highest BCUT2D eigenvalue weighted by Gasteiger charge is 2.06. The summed E-state index contributed by atoms with van der Waals surface area (Å²) in [6.45, 7) is 0.0605. The smallest absolute Gasteiger partial charge is 0.0681 e. The Kier molecular flexibility index (Phi) is 5.29. The molecule has 0 fully saturated rings. The molecule has 0 aromatic heterocycles. The van der Waals surface area contributed by atoms with Crippen LogP contribution in [0.1, 0.15) is 27.8 Å². The van der Waals surface area contributed by atoms with Crippen LogP contribution in [0.3, 0.4) is 0 Å².